The van der Waals surface area contributed by atoms with Crippen molar-refractivity contribution in [3.05, 3.63) is 47.3 Å². The van der Waals surface area contributed by atoms with Gasteiger partial charge in [-0.1, -0.05) is 13.8 Å². The second kappa shape index (κ2) is 8.78. The van der Waals surface area contributed by atoms with Gasteiger partial charge in [0.15, 0.2) is 0 Å². The molecule has 0 aliphatic carbocycles. The lowest BCUT2D eigenvalue weighted by molar-refractivity contribution is 0.0259. The minimum absolute atomic E-state index is 0.163. The molecule has 6 nitrogen and oxygen atoms in total. The highest BCUT2D eigenvalue weighted by molar-refractivity contribution is 5.94. The van der Waals surface area contributed by atoms with Gasteiger partial charge in [0.05, 0.1) is 24.1 Å². The summed E-state index contributed by atoms with van der Waals surface area (Å²) in [7, 11) is 0. The van der Waals surface area contributed by atoms with Crippen molar-refractivity contribution in [2.24, 2.45) is 5.92 Å². The number of aliphatic hydroxyl groups is 1. The number of hydrogen-bond acceptors (Lipinski definition) is 4. The van der Waals surface area contributed by atoms with Gasteiger partial charge in [0, 0.05) is 24.4 Å². The van der Waals surface area contributed by atoms with Gasteiger partial charge < -0.3 is 15.2 Å². The zero-order valence-corrected chi connectivity index (χ0v) is 15.3. The molecule has 0 saturated heterocycles. The first-order valence-corrected chi connectivity index (χ1v) is 8.54. The molecule has 25 heavy (non-hydrogen) atoms. The Kier molecular flexibility index (Phi) is 6.73. The Balaban J connectivity index is 1.87. The van der Waals surface area contributed by atoms with E-state index in [9.17, 15) is 9.90 Å². The molecule has 0 fully saturated rings. The monoisotopic (exact) mass is 345 g/mol. The second-order valence-corrected chi connectivity index (χ2v) is 6.68. The number of nitrogens with zero attached hydrogens (tertiary/aromatic N) is 2. The van der Waals surface area contributed by atoms with E-state index in [-0.39, 0.29) is 19.1 Å². The largest absolute Gasteiger partial charge is 0.389 e. The third-order valence-corrected chi connectivity index (χ3v) is 3.64. The Labute approximate surface area is 148 Å². The summed E-state index contributed by atoms with van der Waals surface area (Å²) < 4.78 is 7.20. The summed E-state index contributed by atoms with van der Waals surface area (Å²) in [6, 6.07) is 9.22. The summed E-state index contributed by atoms with van der Waals surface area (Å²) >= 11 is 0. The molecule has 136 valence electrons. The van der Waals surface area contributed by atoms with Crippen LogP contribution in [0.15, 0.2) is 30.3 Å². The lowest BCUT2D eigenvalue weighted by Crippen LogP contribution is -2.34. The molecule has 2 rings (SSSR count). The van der Waals surface area contributed by atoms with Crippen molar-refractivity contribution >= 4 is 5.91 Å². The Morgan fingerprint density at radius 2 is 1.92 bits per heavy atom. The van der Waals surface area contributed by atoms with Crippen LogP contribution in [0.5, 0.6) is 0 Å². The molecule has 1 unspecified atom stereocenters. The first-order valence-electron chi connectivity index (χ1n) is 8.54. The first kappa shape index (κ1) is 19.1. The number of amides is 1. The highest BCUT2D eigenvalue weighted by Crippen LogP contribution is 2.13. The van der Waals surface area contributed by atoms with Crippen molar-refractivity contribution in [3.8, 4) is 5.69 Å². The van der Waals surface area contributed by atoms with Crippen LogP contribution in [0.1, 0.15) is 35.6 Å². The Morgan fingerprint density at radius 1 is 1.24 bits per heavy atom. The fourth-order valence-corrected chi connectivity index (χ4v) is 2.46. The molecule has 0 aliphatic rings. The number of aryl methyl sites for hydroxylation is 2. The summed E-state index contributed by atoms with van der Waals surface area (Å²) in [4.78, 5) is 12.2. The molecule has 6 heteroatoms. The van der Waals surface area contributed by atoms with Gasteiger partial charge in [-0.2, -0.15) is 5.10 Å². The predicted molar refractivity (Wildman–Crippen MR) is 97.0 cm³/mol. The molecule has 1 aromatic heterocycles. The normalized spacial score (nSPS) is 12.4. The van der Waals surface area contributed by atoms with Gasteiger partial charge in [0.2, 0.25) is 0 Å². The fraction of sp³-hybridized carbons (Fsp3) is 0.474. The van der Waals surface area contributed by atoms with Crippen molar-refractivity contribution in [2.45, 2.75) is 33.8 Å². The number of nitrogens with one attached hydrogen (secondary N) is 1. The highest BCUT2D eigenvalue weighted by atomic mass is 16.5. The van der Waals surface area contributed by atoms with Crippen LogP contribution < -0.4 is 5.32 Å². The average Bonchev–Trinajstić information content (AvgIpc) is 2.91. The van der Waals surface area contributed by atoms with E-state index in [4.69, 9.17) is 4.74 Å². The van der Waals surface area contributed by atoms with E-state index >= 15 is 0 Å². The smallest absolute Gasteiger partial charge is 0.251 e. The van der Waals surface area contributed by atoms with Crippen LogP contribution in [0.3, 0.4) is 0 Å². The van der Waals surface area contributed by atoms with Gasteiger partial charge >= 0.3 is 0 Å². The number of ether oxygens (including phenoxy) is 1. The quantitative estimate of drug-likeness (QED) is 0.769. The molecule has 1 aromatic carbocycles. The lowest BCUT2D eigenvalue weighted by atomic mass is 10.2. The van der Waals surface area contributed by atoms with Crippen LogP contribution >= 0.6 is 0 Å². The van der Waals surface area contributed by atoms with Crippen LogP contribution in [-0.2, 0) is 4.74 Å². The predicted octanol–water partition coefficient (Wildman–Crippen LogP) is 2.25. The zero-order chi connectivity index (χ0) is 18.4. The third-order valence-electron chi connectivity index (χ3n) is 3.64. The standard InChI is InChI=1S/C19H27N3O3/c1-13(2)11-25-12-18(23)10-20-19(24)16-5-7-17(8-6-16)22-15(4)9-14(3)21-22/h5-9,13,18,23H,10-12H2,1-4H3,(H,20,24). The van der Waals surface area contributed by atoms with Gasteiger partial charge in [-0.25, -0.2) is 4.68 Å². The summed E-state index contributed by atoms with van der Waals surface area (Å²) in [5.74, 6) is 0.199. The van der Waals surface area contributed by atoms with Crippen molar-refractivity contribution in [1.29, 1.82) is 0 Å². The highest BCUT2D eigenvalue weighted by Gasteiger charge is 2.10. The maximum absolute atomic E-state index is 12.2. The maximum Gasteiger partial charge on any atom is 0.251 e. The van der Waals surface area contributed by atoms with E-state index in [1.807, 2.05) is 50.6 Å². The van der Waals surface area contributed by atoms with Gasteiger partial charge in [0.25, 0.3) is 5.91 Å². The molecule has 1 heterocycles. The molecule has 0 aliphatic heterocycles. The van der Waals surface area contributed by atoms with Crippen molar-refractivity contribution in [3.63, 3.8) is 0 Å². The maximum atomic E-state index is 12.2. The van der Waals surface area contributed by atoms with E-state index < -0.39 is 6.10 Å². The number of aliphatic hydroxyl groups excluding tert-OH is 1. The van der Waals surface area contributed by atoms with Crippen LogP contribution in [-0.4, -0.2) is 46.7 Å². The fourth-order valence-electron chi connectivity index (χ4n) is 2.46. The number of hydrogen-bond donors (Lipinski definition) is 2. The Bertz CT molecular complexity index is 692. The van der Waals surface area contributed by atoms with E-state index in [1.165, 1.54) is 0 Å². The average molecular weight is 345 g/mol. The van der Waals surface area contributed by atoms with Crippen LogP contribution in [0.4, 0.5) is 0 Å². The number of aromatic nitrogens is 2. The van der Waals surface area contributed by atoms with Gasteiger partial charge in [-0.15, -0.1) is 0 Å². The molecule has 0 radical (unpaired) electrons. The third kappa shape index (κ3) is 5.69. The van der Waals surface area contributed by atoms with Crippen LogP contribution in [0.2, 0.25) is 0 Å². The van der Waals surface area contributed by atoms with Crippen molar-refractivity contribution in [2.75, 3.05) is 19.8 Å². The van der Waals surface area contributed by atoms with Crippen LogP contribution in [0, 0.1) is 19.8 Å². The molecule has 2 aromatic rings. The molecule has 0 spiro atoms. The number of benzene rings is 1. The molecule has 1 atom stereocenters. The molecular formula is C19H27N3O3. The number of carbonyl (C=O) groups excluding carboxylic acids is 1. The van der Waals surface area contributed by atoms with Crippen molar-refractivity contribution < 1.29 is 14.6 Å². The summed E-state index contributed by atoms with van der Waals surface area (Å²) in [5.41, 5.74) is 3.44. The Morgan fingerprint density at radius 3 is 2.48 bits per heavy atom. The number of carbonyl (C=O) groups is 1. The van der Waals surface area contributed by atoms with Gasteiger partial charge in [-0.05, 0) is 50.1 Å². The van der Waals surface area contributed by atoms with Crippen molar-refractivity contribution in [1.82, 2.24) is 15.1 Å². The Hall–Kier alpha value is -2.18. The lowest BCUT2D eigenvalue weighted by Gasteiger charge is -2.13. The van der Waals surface area contributed by atoms with E-state index in [1.54, 1.807) is 12.1 Å². The topological polar surface area (TPSA) is 76.4 Å². The molecule has 0 saturated carbocycles. The van der Waals surface area contributed by atoms with Gasteiger partial charge in [0.1, 0.15) is 0 Å². The van der Waals surface area contributed by atoms with Gasteiger partial charge in [-0.3, -0.25) is 4.79 Å². The summed E-state index contributed by atoms with van der Waals surface area (Å²) in [5, 5.41) is 17.0. The summed E-state index contributed by atoms with van der Waals surface area (Å²) in [6.07, 6.45) is -0.711. The minimum Gasteiger partial charge on any atom is -0.389 e. The molecule has 1 amide bonds. The van der Waals surface area contributed by atoms with Crippen LogP contribution in [0.25, 0.3) is 5.69 Å². The summed E-state index contributed by atoms with van der Waals surface area (Å²) in [6.45, 7) is 9.00. The number of rotatable bonds is 8. The minimum atomic E-state index is -0.711. The molecule has 2 N–H and O–H groups in total. The molecule has 0 bridgehead atoms. The van der Waals surface area contributed by atoms with E-state index in [0.29, 0.717) is 18.1 Å². The SMILES string of the molecule is Cc1cc(C)n(-c2ccc(C(=O)NCC(O)COCC(C)C)cc2)n1. The van der Waals surface area contributed by atoms with E-state index in [2.05, 4.69) is 10.4 Å². The molecular weight excluding hydrogens is 318 g/mol. The second-order valence-electron chi connectivity index (χ2n) is 6.68. The van der Waals surface area contributed by atoms with E-state index in [0.717, 1.165) is 17.1 Å². The first-order chi connectivity index (χ1) is 11.9. The zero-order valence-electron chi connectivity index (χ0n) is 15.3.